The second-order valence-corrected chi connectivity index (χ2v) is 7.73. The van der Waals surface area contributed by atoms with Crippen molar-refractivity contribution >= 4 is 23.3 Å². The van der Waals surface area contributed by atoms with Crippen LogP contribution in [-0.2, 0) is 32.0 Å². The van der Waals surface area contributed by atoms with E-state index in [1.165, 1.54) is 35.8 Å². The van der Waals surface area contributed by atoms with Crippen molar-refractivity contribution in [2.45, 2.75) is 13.2 Å². The minimum absolute atomic E-state index is 0.157. The molecule has 180 valence electrons. The highest BCUT2D eigenvalue weighted by atomic mass is 16.5. The van der Waals surface area contributed by atoms with Gasteiger partial charge in [-0.3, -0.25) is 18.7 Å². The van der Waals surface area contributed by atoms with Gasteiger partial charge >= 0.3 is 5.69 Å². The van der Waals surface area contributed by atoms with Crippen LogP contribution in [-0.4, -0.2) is 37.9 Å². The van der Waals surface area contributed by atoms with E-state index in [2.05, 4.69) is 15.5 Å². The Bertz CT molecular complexity index is 1520. The second kappa shape index (κ2) is 10.1. The number of aryl methyl sites for hydroxylation is 1. The molecule has 11 heteroatoms. The fourth-order valence-corrected chi connectivity index (χ4v) is 3.50. The molecule has 0 bridgehead atoms. The lowest BCUT2D eigenvalue weighted by atomic mass is 10.2. The van der Waals surface area contributed by atoms with Crippen LogP contribution < -0.4 is 26.1 Å². The first-order valence-corrected chi connectivity index (χ1v) is 10.7. The monoisotopic (exact) mass is 476 g/mol. The molecule has 1 N–H and O–H groups in total. The third kappa shape index (κ3) is 4.98. The van der Waals surface area contributed by atoms with Gasteiger partial charge in [0.05, 0.1) is 19.7 Å². The van der Waals surface area contributed by atoms with Crippen molar-refractivity contribution in [1.29, 1.82) is 0 Å². The molecular formula is C24H24N6O5. The maximum atomic E-state index is 12.5. The van der Waals surface area contributed by atoms with E-state index in [9.17, 15) is 14.4 Å². The molecule has 35 heavy (non-hydrogen) atoms. The number of nitrogens with zero attached hydrogens (tertiary/aromatic N) is 5. The van der Waals surface area contributed by atoms with Gasteiger partial charge in [0, 0.05) is 14.1 Å². The Kier molecular flexibility index (Phi) is 6.76. The van der Waals surface area contributed by atoms with E-state index in [1.807, 2.05) is 30.3 Å². The number of benzene rings is 2. The van der Waals surface area contributed by atoms with Crippen LogP contribution in [0.1, 0.15) is 11.1 Å². The number of carbonyl (C=O) groups excluding carboxylic acids is 1. The molecule has 0 spiro atoms. The summed E-state index contributed by atoms with van der Waals surface area (Å²) >= 11 is 0. The molecule has 0 saturated carbocycles. The summed E-state index contributed by atoms with van der Waals surface area (Å²) in [5.74, 6) is 0.647. The lowest BCUT2D eigenvalue weighted by molar-refractivity contribution is -0.121. The molecule has 4 aromatic rings. The Balaban J connectivity index is 1.41. The first-order chi connectivity index (χ1) is 16.9. The van der Waals surface area contributed by atoms with Crippen molar-refractivity contribution in [2.24, 2.45) is 19.2 Å². The van der Waals surface area contributed by atoms with Crippen molar-refractivity contribution in [3.05, 3.63) is 86.8 Å². The minimum Gasteiger partial charge on any atom is -0.493 e. The number of nitrogens with one attached hydrogen (secondary N) is 1. The molecule has 0 aliphatic heterocycles. The van der Waals surface area contributed by atoms with Crippen LogP contribution in [0.4, 0.5) is 0 Å². The van der Waals surface area contributed by atoms with Gasteiger partial charge in [0.15, 0.2) is 22.7 Å². The van der Waals surface area contributed by atoms with Crippen molar-refractivity contribution in [3.63, 3.8) is 0 Å². The van der Waals surface area contributed by atoms with Crippen LogP contribution in [0.2, 0.25) is 0 Å². The van der Waals surface area contributed by atoms with Crippen molar-refractivity contribution < 1.29 is 14.3 Å². The van der Waals surface area contributed by atoms with E-state index in [1.54, 1.807) is 25.3 Å². The number of rotatable bonds is 8. The highest BCUT2D eigenvalue weighted by molar-refractivity contribution is 5.84. The van der Waals surface area contributed by atoms with E-state index in [4.69, 9.17) is 9.47 Å². The molecule has 0 radical (unpaired) electrons. The van der Waals surface area contributed by atoms with E-state index >= 15 is 0 Å². The summed E-state index contributed by atoms with van der Waals surface area (Å²) < 4.78 is 14.9. The summed E-state index contributed by atoms with van der Waals surface area (Å²) in [4.78, 5) is 41.0. The smallest absolute Gasteiger partial charge is 0.332 e. The summed E-state index contributed by atoms with van der Waals surface area (Å²) in [5.41, 5.74) is 3.49. The number of carbonyl (C=O) groups is 1. The van der Waals surface area contributed by atoms with Gasteiger partial charge < -0.3 is 14.0 Å². The number of imidazole rings is 1. The Labute approximate surface area is 199 Å². The van der Waals surface area contributed by atoms with Crippen molar-refractivity contribution in [3.8, 4) is 11.5 Å². The van der Waals surface area contributed by atoms with Gasteiger partial charge in [-0.15, -0.1) is 0 Å². The quantitative estimate of drug-likeness (QED) is 0.301. The molecule has 4 rings (SSSR count). The molecule has 2 heterocycles. The molecule has 2 aromatic carbocycles. The first kappa shape index (κ1) is 23.5. The Hall–Kier alpha value is -4.67. The first-order valence-electron chi connectivity index (χ1n) is 10.7. The molecule has 0 fully saturated rings. The third-order valence-corrected chi connectivity index (χ3v) is 5.36. The number of fused-ring (bicyclic) bond motifs is 1. The third-order valence-electron chi connectivity index (χ3n) is 5.36. The summed E-state index contributed by atoms with van der Waals surface area (Å²) in [6.07, 6.45) is 2.81. The normalized spacial score (nSPS) is 11.2. The lowest BCUT2D eigenvalue weighted by Crippen LogP contribution is -2.38. The summed E-state index contributed by atoms with van der Waals surface area (Å²) in [7, 11) is 4.43. The summed E-state index contributed by atoms with van der Waals surface area (Å²) in [6, 6.07) is 15.1. The largest absolute Gasteiger partial charge is 0.493 e. The zero-order valence-corrected chi connectivity index (χ0v) is 19.5. The zero-order chi connectivity index (χ0) is 24.9. The average Bonchev–Trinajstić information content (AvgIpc) is 3.29. The predicted molar refractivity (Wildman–Crippen MR) is 130 cm³/mol. The van der Waals surface area contributed by atoms with Gasteiger partial charge in [0.1, 0.15) is 13.2 Å². The topological polar surface area (TPSA) is 122 Å². The minimum atomic E-state index is -0.529. The molecule has 0 aliphatic carbocycles. The predicted octanol–water partition coefficient (Wildman–Crippen LogP) is 1.17. The van der Waals surface area contributed by atoms with Gasteiger partial charge in [-0.25, -0.2) is 15.2 Å². The fourth-order valence-electron chi connectivity index (χ4n) is 3.50. The molecule has 0 aliphatic rings. The van der Waals surface area contributed by atoms with Crippen LogP contribution >= 0.6 is 0 Å². The van der Waals surface area contributed by atoms with Crippen molar-refractivity contribution in [1.82, 2.24) is 24.1 Å². The molecule has 1 amide bonds. The average molecular weight is 476 g/mol. The Morgan fingerprint density at radius 3 is 2.60 bits per heavy atom. The highest BCUT2D eigenvalue weighted by Crippen LogP contribution is 2.28. The number of hydrazone groups is 1. The number of amides is 1. The summed E-state index contributed by atoms with van der Waals surface area (Å²) in [5, 5.41) is 3.98. The number of hydrogen-bond donors (Lipinski definition) is 1. The van der Waals surface area contributed by atoms with Crippen LogP contribution in [0.5, 0.6) is 11.5 Å². The number of hydrogen-bond acceptors (Lipinski definition) is 7. The molecule has 0 atom stereocenters. The van der Waals surface area contributed by atoms with E-state index in [0.29, 0.717) is 23.7 Å². The fraction of sp³-hybridized carbons (Fsp3) is 0.208. The zero-order valence-electron chi connectivity index (χ0n) is 19.5. The van der Waals surface area contributed by atoms with Gasteiger partial charge in [-0.2, -0.15) is 5.10 Å². The highest BCUT2D eigenvalue weighted by Gasteiger charge is 2.15. The van der Waals surface area contributed by atoms with Gasteiger partial charge in [-0.1, -0.05) is 30.3 Å². The molecule has 11 nitrogen and oxygen atoms in total. The molecule has 0 unspecified atom stereocenters. The summed E-state index contributed by atoms with van der Waals surface area (Å²) in [6.45, 7) is 0.206. The molecule has 0 saturated heterocycles. The van der Waals surface area contributed by atoms with Crippen LogP contribution in [0.25, 0.3) is 11.2 Å². The second-order valence-electron chi connectivity index (χ2n) is 7.73. The lowest BCUT2D eigenvalue weighted by Gasteiger charge is -2.11. The van der Waals surface area contributed by atoms with Gasteiger partial charge in [-0.05, 0) is 29.3 Å². The number of methoxy groups -OCH3 is 1. The SMILES string of the molecule is COc1cc(C=NNC(=O)Cn2cnc3c2c(=O)n(C)c(=O)n3C)ccc1OCc1ccccc1. The number of aromatic nitrogens is 4. The van der Waals surface area contributed by atoms with Crippen LogP contribution in [0.3, 0.4) is 0 Å². The maximum Gasteiger partial charge on any atom is 0.332 e. The van der Waals surface area contributed by atoms with Crippen LogP contribution in [0, 0.1) is 0 Å². The maximum absolute atomic E-state index is 12.5. The Morgan fingerprint density at radius 2 is 1.86 bits per heavy atom. The molecule has 2 aromatic heterocycles. The standard InChI is InChI=1S/C24H24N6O5/c1-28-22-21(23(32)29(2)24(28)33)30(15-25-22)13-20(31)27-26-12-17-9-10-18(19(11-17)34-3)35-14-16-7-5-4-6-8-16/h4-12,15H,13-14H2,1-3H3,(H,27,31). The van der Waals surface area contributed by atoms with E-state index < -0.39 is 17.2 Å². The Morgan fingerprint density at radius 1 is 1.09 bits per heavy atom. The van der Waals surface area contributed by atoms with E-state index in [-0.39, 0.29) is 17.7 Å². The van der Waals surface area contributed by atoms with Crippen LogP contribution in [0.15, 0.2) is 69.5 Å². The van der Waals surface area contributed by atoms with Crippen molar-refractivity contribution in [2.75, 3.05) is 7.11 Å². The number of ether oxygens (including phenoxy) is 2. The molecular weight excluding hydrogens is 452 g/mol. The van der Waals surface area contributed by atoms with Gasteiger partial charge in [0.2, 0.25) is 0 Å². The van der Waals surface area contributed by atoms with E-state index in [0.717, 1.165) is 10.1 Å². The van der Waals surface area contributed by atoms with Gasteiger partial charge in [0.25, 0.3) is 11.5 Å².